The predicted molar refractivity (Wildman–Crippen MR) is 308 cm³/mol. The Kier molecular flexibility index (Phi) is 19.6. The molecule has 0 atom stereocenters. The molecule has 0 radical (unpaired) electrons. The maximum atomic E-state index is 13.8. The van der Waals surface area contributed by atoms with Gasteiger partial charge in [-0.15, -0.1) is 0 Å². The summed E-state index contributed by atoms with van der Waals surface area (Å²) in [7, 11) is 0. The van der Waals surface area contributed by atoms with Gasteiger partial charge in [0.2, 0.25) is 0 Å². The minimum atomic E-state index is -0.288. The first-order chi connectivity index (χ1) is 35.0. The molecule has 0 amide bonds. The van der Waals surface area contributed by atoms with E-state index in [9.17, 15) is 14.4 Å². The van der Waals surface area contributed by atoms with Crippen LogP contribution in [0.15, 0.2) is 54.6 Å². The molecular weight excluding hydrogens is 877 g/mol. The maximum Gasteiger partial charge on any atom is 0.159 e. The number of carbonyl (C=O) groups is 3. The lowest BCUT2D eigenvalue weighted by molar-refractivity contribution is 0.100. The van der Waals surface area contributed by atoms with Gasteiger partial charge in [-0.2, -0.15) is 0 Å². The van der Waals surface area contributed by atoms with Crippen LogP contribution in [0.5, 0.6) is 0 Å². The molecule has 4 aromatic rings. The normalized spacial score (nSPS) is 15.0. The van der Waals surface area contributed by atoms with E-state index in [1.165, 1.54) is 166 Å². The molecular formula is C69H96O3. The molecule has 3 nitrogen and oxygen atoms in total. The fraction of sp³-hybridized carbons (Fsp3) is 0.609. The quantitative estimate of drug-likeness (QED) is 0.0353. The van der Waals surface area contributed by atoms with Crippen LogP contribution < -0.4 is 0 Å². The molecule has 4 aromatic carbocycles. The second-order valence-corrected chi connectivity index (χ2v) is 23.3. The number of hydrogen-bond donors (Lipinski definition) is 0. The van der Waals surface area contributed by atoms with Crippen molar-refractivity contribution in [3.63, 3.8) is 0 Å². The molecule has 0 fully saturated rings. The van der Waals surface area contributed by atoms with Crippen molar-refractivity contribution in [3.8, 4) is 33.4 Å². The molecule has 0 aromatic heterocycles. The van der Waals surface area contributed by atoms with Gasteiger partial charge in [-0.25, -0.2) is 0 Å². The van der Waals surface area contributed by atoms with Crippen LogP contribution in [0.3, 0.4) is 0 Å². The zero-order valence-electron chi connectivity index (χ0n) is 47.1. The van der Waals surface area contributed by atoms with Crippen LogP contribution in [0.4, 0.5) is 0 Å². The topological polar surface area (TPSA) is 51.2 Å². The number of fused-ring (bicyclic) bond motifs is 12. The van der Waals surface area contributed by atoms with Gasteiger partial charge in [-0.3, -0.25) is 14.4 Å². The average molecular weight is 974 g/mol. The van der Waals surface area contributed by atoms with Crippen LogP contribution in [0.2, 0.25) is 0 Å². The molecule has 0 aliphatic heterocycles. The van der Waals surface area contributed by atoms with E-state index in [2.05, 4.69) is 96.1 Å². The van der Waals surface area contributed by atoms with Crippen LogP contribution >= 0.6 is 0 Å². The molecule has 0 saturated carbocycles. The fourth-order valence-corrected chi connectivity index (χ4v) is 14.6. The highest BCUT2D eigenvalue weighted by Crippen LogP contribution is 2.71. The Bertz CT molecular complexity index is 2180. The maximum absolute atomic E-state index is 13.8. The van der Waals surface area contributed by atoms with E-state index in [1.807, 2.05) is 0 Å². The Morgan fingerprint density at radius 1 is 0.306 bits per heavy atom. The highest BCUT2D eigenvalue weighted by molar-refractivity contribution is 6.07. The SMILES string of the molecule is CCCCCCC1(CCCCCC)c2cc(C(C)=O)ccc2-c2c1c1c(c3c2C(CCCCCC)(CCCCCC)c2cc(C(C)=O)ccc2-3)C(CCCCCC)(CCCCCC)c2cc(C(C)=O)ccc2-1. The summed E-state index contributed by atoms with van der Waals surface area (Å²) in [6.45, 7) is 19.3. The molecule has 0 unspecified atom stereocenters. The molecule has 0 bridgehead atoms. The molecule has 3 aliphatic rings. The van der Waals surface area contributed by atoms with Crippen molar-refractivity contribution in [1.82, 2.24) is 0 Å². The smallest absolute Gasteiger partial charge is 0.159 e. The summed E-state index contributed by atoms with van der Waals surface area (Å²) in [5, 5.41) is 0. The molecule has 3 heteroatoms. The average Bonchev–Trinajstić information content (AvgIpc) is 3.93. The van der Waals surface area contributed by atoms with E-state index in [1.54, 1.807) is 37.5 Å². The molecule has 0 heterocycles. The predicted octanol–water partition coefficient (Wildman–Crippen LogP) is 20.9. The van der Waals surface area contributed by atoms with Crippen molar-refractivity contribution >= 4 is 17.3 Å². The third kappa shape index (κ3) is 10.7. The first-order valence-electron chi connectivity index (χ1n) is 30.2. The van der Waals surface area contributed by atoms with Crippen LogP contribution in [0.1, 0.15) is 319 Å². The minimum Gasteiger partial charge on any atom is -0.295 e. The lowest BCUT2D eigenvalue weighted by Crippen LogP contribution is -2.31. The summed E-state index contributed by atoms with van der Waals surface area (Å²) in [6.07, 6.45) is 35.0. The second kappa shape index (κ2) is 25.4. The van der Waals surface area contributed by atoms with E-state index in [0.29, 0.717) is 0 Å². The highest BCUT2D eigenvalue weighted by atomic mass is 16.1. The van der Waals surface area contributed by atoms with Gasteiger partial charge < -0.3 is 0 Å². The standard InChI is InChI=1S/C69H96O3/c1-10-16-22-28-40-67(41-29-23-17-11-2)58-46-52(49(7)70)34-37-55(58)61-64(67)62-56-38-35-53(50(8)71)47-59(56)68(42-30-24-18-12-3,43-31-25-19-13-4)66(62)63-57-39-36-54(51(9)72)48-60(57)69(65(61)63,44-32-26-20-14-5)45-33-27-21-15-6/h34-39,46-48H,10-33,40-45H2,1-9H3. The lowest BCUT2D eigenvalue weighted by Gasteiger charge is -2.40. The lowest BCUT2D eigenvalue weighted by atomic mass is 9.63. The summed E-state index contributed by atoms with van der Waals surface area (Å²) in [5.74, 6) is 0.419. The van der Waals surface area contributed by atoms with E-state index in [-0.39, 0.29) is 33.6 Å². The molecule has 0 saturated heterocycles. The van der Waals surface area contributed by atoms with E-state index in [4.69, 9.17) is 0 Å². The summed E-state index contributed by atoms with van der Waals surface area (Å²) < 4.78 is 0. The third-order valence-corrected chi connectivity index (χ3v) is 18.3. The number of Topliss-reactive ketones (excluding diaryl/α,β-unsaturated/α-hetero) is 3. The van der Waals surface area contributed by atoms with Crippen LogP contribution in [0.25, 0.3) is 33.4 Å². The Hall–Kier alpha value is -4.11. The zero-order chi connectivity index (χ0) is 51.5. The molecule has 7 rings (SSSR count). The fourth-order valence-electron chi connectivity index (χ4n) is 14.6. The van der Waals surface area contributed by atoms with Gasteiger partial charge in [0.25, 0.3) is 0 Å². The Labute approximate surface area is 438 Å². The number of unbranched alkanes of at least 4 members (excludes halogenated alkanes) is 18. The summed E-state index contributed by atoms with van der Waals surface area (Å²) in [4.78, 5) is 41.3. The summed E-state index contributed by atoms with van der Waals surface area (Å²) >= 11 is 0. The van der Waals surface area contributed by atoms with Gasteiger partial charge >= 0.3 is 0 Å². The second-order valence-electron chi connectivity index (χ2n) is 23.3. The molecule has 390 valence electrons. The highest BCUT2D eigenvalue weighted by Gasteiger charge is 2.57. The summed E-state index contributed by atoms with van der Waals surface area (Å²) in [6, 6.07) is 20.8. The Morgan fingerprint density at radius 2 is 0.514 bits per heavy atom. The number of rotatable bonds is 33. The van der Waals surface area contributed by atoms with E-state index < -0.39 is 0 Å². The Balaban J connectivity index is 1.76. The van der Waals surface area contributed by atoms with Crippen molar-refractivity contribution in [2.45, 2.75) is 271 Å². The largest absolute Gasteiger partial charge is 0.295 e. The molecule has 72 heavy (non-hydrogen) atoms. The van der Waals surface area contributed by atoms with Crippen LogP contribution in [-0.4, -0.2) is 17.3 Å². The number of hydrogen-bond acceptors (Lipinski definition) is 3. The molecule has 0 spiro atoms. The van der Waals surface area contributed by atoms with Gasteiger partial charge in [0.1, 0.15) is 0 Å². The van der Waals surface area contributed by atoms with Crippen molar-refractivity contribution in [3.05, 3.63) is 105 Å². The Morgan fingerprint density at radius 3 is 0.694 bits per heavy atom. The third-order valence-electron chi connectivity index (χ3n) is 18.3. The van der Waals surface area contributed by atoms with E-state index in [0.717, 1.165) is 93.7 Å². The minimum absolute atomic E-state index is 0.140. The van der Waals surface area contributed by atoms with Gasteiger partial charge in [0.15, 0.2) is 17.3 Å². The monoisotopic (exact) mass is 973 g/mol. The van der Waals surface area contributed by atoms with Gasteiger partial charge in [0.05, 0.1) is 0 Å². The van der Waals surface area contributed by atoms with Crippen LogP contribution in [0, 0.1) is 0 Å². The van der Waals surface area contributed by atoms with Crippen LogP contribution in [-0.2, 0) is 16.2 Å². The number of benzene rings is 4. The van der Waals surface area contributed by atoms with Crippen molar-refractivity contribution in [1.29, 1.82) is 0 Å². The molecule has 0 N–H and O–H groups in total. The van der Waals surface area contributed by atoms with Gasteiger partial charge in [-0.05, 0) is 144 Å². The van der Waals surface area contributed by atoms with Crippen molar-refractivity contribution < 1.29 is 14.4 Å². The zero-order valence-corrected chi connectivity index (χ0v) is 47.1. The van der Waals surface area contributed by atoms with E-state index >= 15 is 0 Å². The van der Waals surface area contributed by atoms with Gasteiger partial charge in [0, 0.05) is 32.9 Å². The number of ketones is 3. The van der Waals surface area contributed by atoms with Crippen molar-refractivity contribution in [2.75, 3.05) is 0 Å². The number of carbonyl (C=O) groups excluding carboxylic acids is 3. The molecule has 3 aliphatic carbocycles. The summed E-state index contributed by atoms with van der Waals surface area (Å²) in [5.41, 5.74) is 19.0. The van der Waals surface area contributed by atoms with Crippen molar-refractivity contribution in [2.24, 2.45) is 0 Å². The first kappa shape index (κ1) is 55.6. The van der Waals surface area contributed by atoms with Gasteiger partial charge in [-0.1, -0.05) is 232 Å². The first-order valence-corrected chi connectivity index (χ1v) is 30.2.